The van der Waals surface area contributed by atoms with Gasteiger partial charge in [-0.3, -0.25) is 9.89 Å². The molecule has 1 amide bonds. The van der Waals surface area contributed by atoms with E-state index in [0.717, 1.165) is 35.9 Å². The highest BCUT2D eigenvalue weighted by Crippen LogP contribution is 2.33. The third kappa shape index (κ3) is 7.09. The molecule has 11 heteroatoms. The molecular weight excluding hydrogens is 536 g/mol. The van der Waals surface area contributed by atoms with E-state index in [2.05, 4.69) is 20.8 Å². The van der Waals surface area contributed by atoms with Crippen molar-refractivity contribution in [1.82, 2.24) is 15.1 Å². The van der Waals surface area contributed by atoms with Gasteiger partial charge in [0.15, 0.2) is 5.82 Å². The molecule has 3 aromatic carbocycles. The Morgan fingerprint density at radius 2 is 1.85 bits per heavy atom. The number of likely N-dealkylation sites (N-methyl/N-ethyl adjacent to an activating group) is 1. The minimum Gasteiger partial charge on any atom is -0.492 e. The molecule has 0 atom stereocenters. The van der Waals surface area contributed by atoms with Crippen LogP contribution in [-0.4, -0.2) is 67.5 Å². The van der Waals surface area contributed by atoms with Crippen LogP contribution in [0.2, 0.25) is 0 Å². The van der Waals surface area contributed by atoms with Gasteiger partial charge in [0.25, 0.3) is 5.91 Å². The molecule has 210 valence electrons. The predicted molar refractivity (Wildman–Crippen MR) is 152 cm³/mol. The number of ether oxygens (including phenoxy) is 2. The molecule has 0 bridgehead atoms. The number of aromatic amines is 1. The summed E-state index contributed by atoms with van der Waals surface area (Å²) in [7, 11) is 3.97. The van der Waals surface area contributed by atoms with Crippen LogP contribution >= 0.6 is 11.8 Å². The summed E-state index contributed by atoms with van der Waals surface area (Å²) in [5.41, 5.74) is 1.86. The van der Waals surface area contributed by atoms with Crippen LogP contribution < -0.4 is 15.4 Å². The lowest BCUT2D eigenvalue weighted by Crippen LogP contribution is -2.29. The first-order valence-corrected chi connectivity index (χ1v) is 13.8. The first-order chi connectivity index (χ1) is 19.3. The molecule has 0 radical (unpaired) electrons. The number of carbonyl (C=O) groups is 1. The molecule has 1 aromatic heterocycles. The average Bonchev–Trinajstić information content (AvgIpc) is 3.30. The predicted octanol–water partition coefficient (Wildman–Crippen LogP) is 5.78. The summed E-state index contributed by atoms with van der Waals surface area (Å²) in [6.45, 7) is 2.63. The number of fused-ring (bicyclic) bond motifs is 1. The lowest BCUT2D eigenvalue weighted by molar-refractivity contribution is 0.0904. The number of hydrogen-bond donors (Lipinski definition) is 3. The molecule has 3 N–H and O–H groups in total. The highest BCUT2D eigenvalue weighted by atomic mass is 32.2. The Hall–Kier alpha value is -3.67. The number of anilines is 2. The van der Waals surface area contributed by atoms with Gasteiger partial charge >= 0.3 is 0 Å². The molecule has 4 aromatic rings. The second-order valence-electron chi connectivity index (χ2n) is 9.83. The number of halogens is 2. The lowest BCUT2D eigenvalue weighted by Gasteiger charge is -2.25. The second-order valence-corrected chi connectivity index (χ2v) is 11.0. The van der Waals surface area contributed by atoms with Crippen molar-refractivity contribution in [2.75, 3.05) is 51.1 Å². The van der Waals surface area contributed by atoms with E-state index in [-0.39, 0.29) is 11.9 Å². The van der Waals surface area contributed by atoms with E-state index in [1.165, 1.54) is 23.9 Å². The van der Waals surface area contributed by atoms with Gasteiger partial charge in [-0.2, -0.15) is 5.10 Å². The summed E-state index contributed by atoms with van der Waals surface area (Å²) in [4.78, 5) is 16.7. The van der Waals surface area contributed by atoms with Crippen LogP contribution in [0, 0.1) is 11.6 Å². The molecule has 0 aliphatic carbocycles. The Morgan fingerprint density at radius 3 is 2.60 bits per heavy atom. The number of carbonyl (C=O) groups excluding carboxylic acids is 1. The van der Waals surface area contributed by atoms with E-state index < -0.39 is 11.6 Å². The Labute approximate surface area is 235 Å². The first kappa shape index (κ1) is 27.9. The van der Waals surface area contributed by atoms with Crippen LogP contribution in [0.3, 0.4) is 0 Å². The average molecular weight is 568 g/mol. The van der Waals surface area contributed by atoms with Gasteiger partial charge in [-0.15, -0.1) is 0 Å². The minimum atomic E-state index is -0.640. The number of nitrogens with one attached hydrogen (secondary N) is 3. The molecule has 1 fully saturated rings. The van der Waals surface area contributed by atoms with E-state index in [9.17, 15) is 13.6 Å². The fraction of sp³-hybridized carbons (Fsp3) is 0.310. The van der Waals surface area contributed by atoms with E-state index >= 15 is 0 Å². The van der Waals surface area contributed by atoms with Crippen molar-refractivity contribution in [2.24, 2.45) is 0 Å². The van der Waals surface area contributed by atoms with Gasteiger partial charge in [-0.25, -0.2) is 8.78 Å². The number of aromatic nitrogens is 2. The SMILES string of the molecule is CN(C)CCOc1ccc(C(=O)Nc2n[nH]c3ccc(Sc4cc(F)cc(F)c4)cc23)c(NC2CCOCC2)c1. The molecule has 0 spiro atoms. The highest BCUT2D eigenvalue weighted by Gasteiger charge is 2.20. The van der Waals surface area contributed by atoms with E-state index in [1.807, 2.05) is 43.3 Å². The van der Waals surface area contributed by atoms with Crippen molar-refractivity contribution < 1.29 is 23.0 Å². The summed E-state index contributed by atoms with van der Waals surface area (Å²) in [6.07, 6.45) is 1.68. The molecule has 0 unspecified atom stereocenters. The molecule has 5 rings (SSSR count). The van der Waals surface area contributed by atoms with Crippen molar-refractivity contribution in [2.45, 2.75) is 28.7 Å². The fourth-order valence-corrected chi connectivity index (χ4v) is 5.32. The number of hydrogen-bond acceptors (Lipinski definition) is 7. The standard InChI is InChI=1S/C29H31F2N5O3S/c1-36(2)9-12-39-21-3-5-24(27(16-21)32-20-7-10-38-11-8-20)29(37)33-28-25-17-22(4-6-26(25)34-35-28)40-23-14-18(30)13-19(31)15-23/h3-6,13-17,20,32H,7-12H2,1-2H3,(H2,33,34,35,37). The maximum Gasteiger partial charge on any atom is 0.258 e. The van der Waals surface area contributed by atoms with Gasteiger partial charge in [0.2, 0.25) is 0 Å². The quantitative estimate of drug-likeness (QED) is 0.224. The van der Waals surface area contributed by atoms with Gasteiger partial charge in [0.05, 0.1) is 16.8 Å². The van der Waals surface area contributed by atoms with Crippen LogP contribution in [0.1, 0.15) is 23.2 Å². The van der Waals surface area contributed by atoms with Gasteiger partial charge in [0.1, 0.15) is 24.0 Å². The minimum absolute atomic E-state index is 0.177. The zero-order chi connectivity index (χ0) is 28.1. The van der Waals surface area contributed by atoms with Gasteiger partial charge < -0.3 is 25.0 Å². The number of rotatable bonds is 10. The Kier molecular flexibility index (Phi) is 8.83. The molecule has 1 aliphatic heterocycles. The molecular formula is C29H31F2N5O3S. The maximum absolute atomic E-state index is 13.7. The van der Waals surface area contributed by atoms with Crippen molar-refractivity contribution in [1.29, 1.82) is 0 Å². The van der Waals surface area contributed by atoms with Crippen molar-refractivity contribution >= 4 is 40.1 Å². The maximum atomic E-state index is 13.7. The van der Waals surface area contributed by atoms with Crippen LogP contribution in [0.15, 0.2) is 64.4 Å². The molecule has 8 nitrogen and oxygen atoms in total. The van der Waals surface area contributed by atoms with E-state index in [1.54, 1.807) is 12.1 Å². The molecule has 1 aliphatic rings. The lowest BCUT2D eigenvalue weighted by atomic mass is 10.1. The molecule has 40 heavy (non-hydrogen) atoms. The van der Waals surface area contributed by atoms with Crippen molar-refractivity contribution in [3.8, 4) is 5.75 Å². The van der Waals surface area contributed by atoms with Crippen LogP contribution in [0.25, 0.3) is 10.9 Å². The summed E-state index contributed by atoms with van der Waals surface area (Å²) in [5.74, 6) is -0.573. The number of benzene rings is 3. The van der Waals surface area contributed by atoms with Crippen molar-refractivity contribution in [3.05, 3.63) is 71.8 Å². The molecule has 0 saturated carbocycles. The third-order valence-corrected chi connectivity index (χ3v) is 7.42. The summed E-state index contributed by atoms with van der Waals surface area (Å²) < 4.78 is 38.7. The fourth-order valence-electron chi connectivity index (χ4n) is 4.39. The number of amides is 1. The van der Waals surface area contributed by atoms with Crippen molar-refractivity contribution in [3.63, 3.8) is 0 Å². The third-order valence-electron chi connectivity index (χ3n) is 6.46. The van der Waals surface area contributed by atoms with Gasteiger partial charge in [-0.05, 0) is 69.4 Å². The first-order valence-electron chi connectivity index (χ1n) is 13.0. The molecule has 2 heterocycles. The van der Waals surface area contributed by atoms with E-state index in [4.69, 9.17) is 9.47 Å². The van der Waals surface area contributed by atoms with Gasteiger partial charge in [-0.1, -0.05) is 11.8 Å². The normalized spacial score (nSPS) is 14.0. The Morgan fingerprint density at radius 1 is 1.07 bits per heavy atom. The number of H-pyrrole nitrogens is 1. The smallest absolute Gasteiger partial charge is 0.258 e. The Bertz CT molecular complexity index is 1470. The largest absolute Gasteiger partial charge is 0.492 e. The summed E-state index contributed by atoms with van der Waals surface area (Å²) in [6, 6.07) is 14.4. The summed E-state index contributed by atoms with van der Waals surface area (Å²) in [5, 5.41) is 14.3. The van der Waals surface area contributed by atoms with Crippen LogP contribution in [-0.2, 0) is 4.74 Å². The monoisotopic (exact) mass is 567 g/mol. The molecule has 1 saturated heterocycles. The van der Waals surface area contributed by atoms with E-state index in [0.29, 0.717) is 52.9 Å². The van der Waals surface area contributed by atoms with Crippen LogP contribution in [0.5, 0.6) is 5.75 Å². The van der Waals surface area contributed by atoms with Crippen LogP contribution in [0.4, 0.5) is 20.3 Å². The second kappa shape index (κ2) is 12.7. The van der Waals surface area contributed by atoms with Gasteiger partial charge in [0, 0.05) is 53.1 Å². The zero-order valence-electron chi connectivity index (χ0n) is 22.3. The topological polar surface area (TPSA) is 91.5 Å². The summed E-state index contributed by atoms with van der Waals surface area (Å²) >= 11 is 1.22. The zero-order valence-corrected chi connectivity index (χ0v) is 23.1. The number of nitrogens with zero attached hydrogens (tertiary/aromatic N) is 2. The Balaban J connectivity index is 1.37. The highest BCUT2D eigenvalue weighted by molar-refractivity contribution is 7.99.